The number of unbranched alkanes of at least 4 members (excludes halogenated alkanes) is 1. The molecule has 0 aromatic heterocycles. The predicted molar refractivity (Wildman–Crippen MR) is 57.7 cm³/mol. The number of rotatable bonds is 8. The first-order chi connectivity index (χ1) is 7.33. The predicted octanol–water partition coefficient (Wildman–Crippen LogP) is -1.30. The Labute approximate surface area is 93.6 Å². The maximum Gasteiger partial charge on any atom is 0.323 e. The van der Waals surface area contributed by atoms with Crippen LogP contribution in [0.25, 0.3) is 0 Å². The van der Waals surface area contributed by atoms with E-state index in [1.165, 1.54) is 0 Å². The molecule has 0 heterocycles. The standard InChI is InChI=1S/C9H19N3O4/c10-4-2-1-3-9(12,8(15)16)5-6(11)7(13)14/h6H,1-5,10-12H2,(H,13,14)(H,15,16)/t6-,9-/m1/s1. The van der Waals surface area contributed by atoms with E-state index >= 15 is 0 Å². The summed E-state index contributed by atoms with van der Waals surface area (Å²) in [5.41, 5.74) is 14.6. The zero-order valence-corrected chi connectivity index (χ0v) is 9.06. The van der Waals surface area contributed by atoms with Crippen LogP contribution in [0.2, 0.25) is 0 Å². The molecule has 0 aliphatic carbocycles. The topological polar surface area (TPSA) is 153 Å². The molecule has 8 N–H and O–H groups in total. The van der Waals surface area contributed by atoms with E-state index in [0.717, 1.165) is 0 Å². The van der Waals surface area contributed by atoms with Crippen LogP contribution in [0, 0.1) is 0 Å². The fraction of sp³-hybridized carbons (Fsp3) is 0.778. The summed E-state index contributed by atoms with van der Waals surface area (Å²) < 4.78 is 0. The minimum atomic E-state index is -1.59. The fourth-order valence-electron chi connectivity index (χ4n) is 1.36. The van der Waals surface area contributed by atoms with Gasteiger partial charge in [0, 0.05) is 6.42 Å². The quantitative estimate of drug-likeness (QED) is 0.326. The average Bonchev–Trinajstić information content (AvgIpc) is 2.17. The molecule has 7 heteroatoms. The summed E-state index contributed by atoms with van der Waals surface area (Å²) in [6.45, 7) is 0.445. The molecular weight excluding hydrogens is 214 g/mol. The normalized spacial score (nSPS) is 16.4. The summed E-state index contributed by atoms with van der Waals surface area (Å²) in [4.78, 5) is 21.5. The smallest absolute Gasteiger partial charge is 0.323 e. The zero-order chi connectivity index (χ0) is 12.8. The Kier molecular flexibility index (Phi) is 5.94. The molecular formula is C9H19N3O4. The Balaban J connectivity index is 4.44. The molecule has 94 valence electrons. The van der Waals surface area contributed by atoms with Crippen LogP contribution in [0.3, 0.4) is 0 Å². The Morgan fingerprint density at radius 1 is 1.25 bits per heavy atom. The second-order valence-corrected chi connectivity index (χ2v) is 3.86. The molecule has 0 aliphatic rings. The molecule has 0 aliphatic heterocycles. The summed E-state index contributed by atoms with van der Waals surface area (Å²) in [5, 5.41) is 17.6. The maximum atomic E-state index is 11.0. The summed E-state index contributed by atoms with van der Waals surface area (Å²) in [7, 11) is 0. The lowest BCUT2D eigenvalue weighted by molar-refractivity contribution is -0.145. The van der Waals surface area contributed by atoms with Gasteiger partial charge in [-0.15, -0.1) is 0 Å². The Hall–Kier alpha value is -1.18. The molecule has 0 aromatic carbocycles. The van der Waals surface area contributed by atoms with E-state index in [0.29, 0.717) is 19.4 Å². The minimum absolute atomic E-state index is 0.167. The van der Waals surface area contributed by atoms with Gasteiger partial charge in [0.15, 0.2) is 0 Å². The van der Waals surface area contributed by atoms with Crippen molar-refractivity contribution in [2.75, 3.05) is 6.54 Å². The molecule has 7 nitrogen and oxygen atoms in total. The van der Waals surface area contributed by atoms with Crippen molar-refractivity contribution in [3.63, 3.8) is 0 Å². The van der Waals surface area contributed by atoms with Gasteiger partial charge in [-0.2, -0.15) is 0 Å². The lowest BCUT2D eigenvalue weighted by atomic mass is 9.87. The van der Waals surface area contributed by atoms with Gasteiger partial charge in [-0.25, -0.2) is 0 Å². The van der Waals surface area contributed by atoms with Crippen LogP contribution < -0.4 is 17.2 Å². The zero-order valence-electron chi connectivity index (χ0n) is 9.06. The summed E-state index contributed by atoms with van der Waals surface area (Å²) in [6.07, 6.45) is 1.06. The molecule has 0 amide bonds. The summed E-state index contributed by atoms with van der Waals surface area (Å²) >= 11 is 0. The molecule has 0 aromatic rings. The van der Waals surface area contributed by atoms with Crippen LogP contribution in [0.5, 0.6) is 0 Å². The van der Waals surface area contributed by atoms with Gasteiger partial charge < -0.3 is 27.4 Å². The van der Waals surface area contributed by atoms with Crippen LogP contribution in [0.4, 0.5) is 0 Å². The van der Waals surface area contributed by atoms with E-state index in [4.69, 9.17) is 27.4 Å². The molecule has 0 rings (SSSR count). The maximum absolute atomic E-state index is 11.0. The molecule has 2 atom stereocenters. The molecule has 0 saturated carbocycles. The van der Waals surface area contributed by atoms with Crippen molar-refractivity contribution in [1.29, 1.82) is 0 Å². The van der Waals surface area contributed by atoms with Crippen LogP contribution in [-0.2, 0) is 9.59 Å². The van der Waals surface area contributed by atoms with Gasteiger partial charge in [0.2, 0.25) is 0 Å². The first kappa shape index (κ1) is 14.8. The minimum Gasteiger partial charge on any atom is -0.480 e. The van der Waals surface area contributed by atoms with Crippen molar-refractivity contribution in [2.24, 2.45) is 17.2 Å². The number of nitrogens with two attached hydrogens (primary N) is 3. The molecule has 0 bridgehead atoms. The van der Waals surface area contributed by atoms with Crippen molar-refractivity contribution in [3.05, 3.63) is 0 Å². The van der Waals surface area contributed by atoms with Gasteiger partial charge in [0.25, 0.3) is 0 Å². The average molecular weight is 233 g/mol. The monoisotopic (exact) mass is 233 g/mol. The van der Waals surface area contributed by atoms with Crippen LogP contribution >= 0.6 is 0 Å². The van der Waals surface area contributed by atoms with E-state index in [2.05, 4.69) is 0 Å². The van der Waals surface area contributed by atoms with Crippen LogP contribution in [0.15, 0.2) is 0 Å². The second kappa shape index (κ2) is 6.41. The molecule has 0 radical (unpaired) electrons. The van der Waals surface area contributed by atoms with Crippen molar-refractivity contribution < 1.29 is 19.8 Å². The first-order valence-corrected chi connectivity index (χ1v) is 5.04. The largest absolute Gasteiger partial charge is 0.480 e. The second-order valence-electron chi connectivity index (χ2n) is 3.86. The Morgan fingerprint density at radius 2 is 1.81 bits per heavy atom. The van der Waals surface area contributed by atoms with E-state index in [-0.39, 0.29) is 12.8 Å². The summed E-state index contributed by atoms with van der Waals surface area (Å²) in [6, 6.07) is -1.26. The molecule has 0 spiro atoms. The van der Waals surface area contributed by atoms with E-state index in [1.54, 1.807) is 0 Å². The van der Waals surface area contributed by atoms with Gasteiger partial charge in [-0.1, -0.05) is 0 Å². The SMILES string of the molecule is NCCCC[C@@](N)(C[C@@H](N)C(=O)O)C(=O)O. The molecule has 0 fully saturated rings. The highest BCUT2D eigenvalue weighted by molar-refractivity contribution is 5.81. The van der Waals surface area contributed by atoms with Crippen molar-refractivity contribution in [1.82, 2.24) is 0 Å². The molecule has 16 heavy (non-hydrogen) atoms. The van der Waals surface area contributed by atoms with Gasteiger partial charge in [-0.3, -0.25) is 9.59 Å². The fourth-order valence-corrected chi connectivity index (χ4v) is 1.36. The van der Waals surface area contributed by atoms with Gasteiger partial charge in [0.05, 0.1) is 0 Å². The third-order valence-corrected chi connectivity index (χ3v) is 2.40. The molecule has 0 saturated heterocycles. The summed E-state index contributed by atoms with van der Waals surface area (Å²) in [5.74, 6) is -2.49. The highest BCUT2D eigenvalue weighted by Gasteiger charge is 2.36. The number of aliphatic carboxylic acids is 2. The van der Waals surface area contributed by atoms with Gasteiger partial charge in [-0.05, 0) is 25.8 Å². The number of carboxylic acids is 2. The first-order valence-electron chi connectivity index (χ1n) is 5.04. The number of carboxylic acid groups (broad SMARTS) is 2. The third-order valence-electron chi connectivity index (χ3n) is 2.40. The van der Waals surface area contributed by atoms with E-state index in [9.17, 15) is 9.59 Å². The number of carbonyl (C=O) groups is 2. The third kappa shape index (κ3) is 4.56. The van der Waals surface area contributed by atoms with Gasteiger partial charge >= 0.3 is 11.9 Å². The van der Waals surface area contributed by atoms with E-state index in [1.807, 2.05) is 0 Å². The number of hydrogen-bond donors (Lipinski definition) is 5. The van der Waals surface area contributed by atoms with Crippen molar-refractivity contribution in [3.8, 4) is 0 Å². The van der Waals surface area contributed by atoms with E-state index < -0.39 is 23.5 Å². The van der Waals surface area contributed by atoms with Crippen LogP contribution in [-0.4, -0.2) is 40.3 Å². The highest BCUT2D eigenvalue weighted by atomic mass is 16.4. The number of hydrogen-bond acceptors (Lipinski definition) is 5. The lowest BCUT2D eigenvalue weighted by Gasteiger charge is -2.26. The highest BCUT2D eigenvalue weighted by Crippen LogP contribution is 2.17. The van der Waals surface area contributed by atoms with Crippen LogP contribution in [0.1, 0.15) is 25.7 Å². The van der Waals surface area contributed by atoms with Crippen molar-refractivity contribution in [2.45, 2.75) is 37.3 Å². The Bertz CT molecular complexity index is 259. The lowest BCUT2D eigenvalue weighted by Crippen LogP contribution is -2.53. The van der Waals surface area contributed by atoms with Gasteiger partial charge in [0.1, 0.15) is 11.6 Å². The molecule has 0 unspecified atom stereocenters. The Morgan fingerprint density at radius 3 is 2.19 bits per heavy atom. The van der Waals surface area contributed by atoms with Crippen molar-refractivity contribution >= 4 is 11.9 Å².